The smallest absolute Gasteiger partial charge is 0.271 e. The molecule has 6 atom stereocenters. The van der Waals surface area contributed by atoms with Gasteiger partial charge in [0.25, 0.3) is 17.5 Å². The first-order valence-electron chi connectivity index (χ1n) is 15.4. The molecular formula is C36H24Cl2FN3O7. The molecular weight excluding hydrogens is 676 g/mol. The predicted molar refractivity (Wildman–Crippen MR) is 178 cm³/mol. The van der Waals surface area contributed by atoms with Crippen LogP contribution < -0.4 is 9.80 Å². The molecule has 4 aliphatic rings. The number of rotatable bonds is 4. The van der Waals surface area contributed by atoms with Gasteiger partial charge in [-0.05, 0) is 54.5 Å². The quantitative estimate of drug-likeness (QED) is 0.0860. The Labute approximate surface area is 287 Å². The predicted octanol–water partition coefficient (Wildman–Crippen LogP) is 6.36. The molecule has 1 saturated carbocycles. The molecule has 13 heteroatoms. The molecule has 1 N–H and O–H groups in total. The maximum Gasteiger partial charge on any atom is 0.271 e. The van der Waals surface area contributed by atoms with Crippen molar-refractivity contribution >= 4 is 74.7 Å². The highest BCUT2D eigenvalue weighted by atomic mass is 35.5. The van der Waals surface area contributed by atoms with Crippen molar-refractivity contribution in [3.8, 4) is 5.75 Å². The number of benzene rings is 4. The van der Waals surface area contributed by atoms with Gasteiger partial charge in [0.15, 0.2) is 9.75 Å². The number of phenolic OH excluding ortho intramolecular Hbond substituents is 1. The molecule has 49 heavy (non-hydrogen) atoms. The lowest BCUT2D eigenvalue weighted by molar-refractivity contribution is -0.384. The summed E-state index contributed by atoms with van der Waals surface area (Å²) in [7, 11) is 0. The van der Waals surface area contributed by atoms with E-state index in [1.165, 1.54) is 30.3 Å². The van der Waals surface area contributed by atoms with Gasteiger partial charge in [0, 0.05) is 29.0 Å². The molecule has 8 rings (SSSR count). The summed E-state index contributed by atoms with van der Waals surface area (Å²) in [6.45, 7) is 0. The number of allylic oxidation sites excluding steroid dienone is 2. The normalized spacial score (nSPS) is 29.2. The van der Waals surface area contributed by atoms with Gasteiger partial charge in [0.1, 0.15) is 11.6 Å². The van der Waals surface area contributed by atoms with Crippen LogP contribution in [0.2, 0.25) is 0 Å². The molecule has 246 valence electrons. The Kier molecular flexibility index (Phi) is 6.79. The molecule has 6 unspecified atom stereocenters. The average molecular weight is 701 g/mol. The van der Waals surface area contributed by atoms with Gasteiger partial charge < -0.3 is 5.11 Å². The molecule has 0 radical (unpaired) electrons. The highest BCUT2D eigenvalue weighted by molar-refractivity contribution is 6.58. The van der Waals surface area contributed by atoms with Crippen LogP contribution in [-0.4, -0.2) is 43.4 Å². The largest absolute Gasteiger partial charge is 0.507 e. The topological polar surface area (TPSA) is 138 Å². The summed E-state index contributed by atoms with van der Waals surface area (Å²) in [5.74, 6) is -7.86. The minimum Gasteiger partial charge on any atom is -0.507 e. The maximum atomic E-state index is 14.6. The molecule has 0 spiro atoms. The minimum absolute atomic E-state index is 0.0292. The number of hydrogen-bond donors (Lipinski definition) is 1. The van der Waals surface area contributed by atoms with Crippen molar-refractivity contribution in [1.82, 2.24) is 0 Å². The fourth-order valence-electron chi connectivity index (χ4n) is 8.25. The number of hydrogen-bond acceptors (Lipinski definition) is 7. The maximum absolute atomic E-state index is 14.6. The molecule has 0 bridgehead atoms. The average Bonchev–Trinajstić information content (AvgIpc) is 3.43. The van der Waals surface area contributed by atoms with Crippen LogP contribution in [0.4, 0.5) is 21.5 Å². The van der Waals surface area contributed by atoms with Crippen LogP contribution in [0.5, 0.6) is 5.75 Å². The molecule has 0 aromatic heterocycles. The van der Waals surface area contributed by atoms with Gasteiger partial charge in [0.05, 0.1) is 28.1 Å². The SMILES string of the molecule is O=C1C2CC=C3C(CC4(Cl)C(=O)N(c5ccc(F)cc5)C(=O)C4(Cl)C3c3ccc4ccccc4c3O)C2C(=O)N1c1cccc([N+](=O)[O-])c1. The van der Waals surface area contributed by atoms with E-state index in [4.69, 9.17) is 23.2 Å². The molecule has 4 amide bonds. The summed E-state index contributed by atoms with van der Waals surface area (Å²) in [5, 5.41) is 24.4. The van der Waals surface area contributed by atoms with E-state index in [0.717, 1.165) is 28.0 Å². The van der Waals surface area contributed by atoms with Gasteiger partial charge in [-0.15, -0.1) is 23.2 Å². The summed E-state index contributed by atoms with van der Waals surface area (Å²) in [5.41, 5.74) is 0.413. The zero-order chi connectivity index (χ0) is 34.6. The van der Waals surface area contributed by atoms with E-state index in [-0.39, 0.29) is 41.2 Å². The first kappa shape index (κ1) is 31.2. The number of nitro benzene ring substituents is 1. The van der Waals surface area contributed by atoms with Crippen LogP contribution in [0.25, 0.3) is 10.8 Å². The lowest BCUT2D eigenvalue weighted by atomic mass is 9.56. The zero-order valence-electron chi connectivity index (χ0n) is 25.3. The summed E-state index contributed by atoms with van der Waals surface area (Å²) in [6, 6.07) is 20.2. The van der Waals surface area contributed by atoms with Crippen molar-refractivity contribution in [2.45, 2.75) is 28.5 Å². The Morgan fingerprint density at radius 3 is 2.31 bits per heavy atom. The Hall–Kier alpha value is -5.13. The lowest BCUT2D eigenvalue weighted by Gasteiger charge is -2.50. The molecule has 2 aliphatic carbocycles. The van der Waals surface area contributed by atoms with Gasteiger partial charge in [-0.3, -0.25) is 29.3 Å². The minimum atomic E-state index is -2.22. The fraction of sp³-hybridized carbons (Fsp3) is 0.222. The number of halogens is 3. The molecule has 2 aliphatic heterocycles. The second-order valence-electron chi connectivity index (χ2n) is 12.8. The second kappa shape index (κ2) is 10.7. The highest BCUT2D eigenvalue weighted by Crippen LogP contribution is 2.66. The summed E-state index contributed by atoms with van der Waals surface area (Å²) in [6.07, 6.45) is 1.47. The molecule has 2 saturated heterocycles. The summed E-state index contributed by atoms with van der Waals surface area (Å²) < 4.78 is 13.9. The monoisotopic (exact) mass is 699 g/mol. The van der Waals surface area contributed by atoms with Crippen molar-refractivity contribution in [1.29, 1.82) is 0 Å². The van der Waals surface area contributed by atoms with Gasteiger partial charge in [-0.2, -0.15) is 0 Å². The number of imide groups is 2. The van der Waals surface area contributed by atoms with E-state index < -0.39 is 67.8 Å². The van der Waals surface area contributed by atoms with Crippen LogP contribution in [-0.2, 0) is 19.2 Å². The number of aromatic hydroxyl groups is 1. The molecule has 4 aromatic rings. The van der Waals surface area contributed by atoms with Crippen molar-refractivity contribution in [2.24, 2.45) is 17.8 Å². The Morgan fingerprint density at radius 1 is 0.837 bits per heavy atom. The summed E-state index contributed by atoms with van der Waals surface area (Å²) >= 11 is 14.8. The number of phenols is 1. The van der Waals surface area contributed by atoms with Crippen molar-refractivity contribution in [3.63, 3.8) is 0 Å². The zero-order valence-corrected chi connectivity index (χ0v) is 26.8. The third kappa shape index (κ3) is 4.12. The van der Waals surface area contributed by atoms with Gasteiger partial charge in [-0.25, -0.2) is 14.2 Å². The van der Waals surface area contributed by atoms with E-state index in [1.807, 2.05) is 0 Å². The highest BCUT2D eigenvalue weighted by Gasteiger charge is 2.77. The first-order valence-corrected chi connectivity index (χ1v) is 16.2. The number of carbonyl (C=O) groups excluding carboxylic acids is 4. The van der Waals surface area contributed by atoms with Crippen molar-refractivity contribution in [2.75, 3.05) is 9.80 Å². The van der Waals surface area contributed by atoms with Gasteiger partial charge in [-0.1, -0.05) is 54.1 Å². The number of anilines is 2. The number of amides is 4. The van der Waals surface area contributed by atoms with E-state index in [1.54, 1.807) is 42.5 Å². The third-order valence-corrected chi connectivity index (χ3v) is 11.9. The fourth-order valence-corrected chi connectivity index (χ4v) is 9.18. The van der Waals surface area contributed by atoms with Crippen molar-refractivity contribution in [3.05, 3.63) is 118 Å². The number of carbonyl (C=O) groups is 4. The second-order valence-corrected chi connectivity index (χ2v) is 14.0. The van der Waals surface area contributed by atoms with Crippen LogP contribution in [0.3, 0.4) is 0 Å². The van der Waals surface area contributed by atoms with Crippen LogP contribution in [0.15, 0.2) is 96.6 Å². The standard InChI is InChI=1S/C36H24Cl2FN3O7/c37-35-17-27-24(14-15-25-28(27)32(45)40(31(25)44)21-5-3-6-22(16-21)42(48)49)29(26-13-8-18-4-1-2-7-23(18)30(26)43)36(35,38)34(47)41(33(35)46)20-11-9-19(39)10-12-20/h1-14,16,25,27-29,43H,15,17H2. The summed E-state index contributed by atoms with van der Waals surface area (Å²) in [4.78, 5) is 65.4. The Bertz CT molecular complexity index is 2210. The molecule has 4 aromatic carbocycles. The number of non-ortho nitro benzene ring substituents is 1. The van der Waals surface area contributed by atoms with E-state index >= 15 is 0 Å². The first-order chi connectivity index (χ1) is 23.4. The van der Waals surface area contributed by atoms with Crippen molar-refractivity contribution < 1.29 is 33.6 Å². The lowest BCUT2D eigenvalue weighted by Crippen LogP contribution is -2.60. The number of nitrogens with zero attached hydrogens (tertiary/aromatic N) is 3. The third-order valence-electron chi connectivity index (χ3n) is 10.4. The Morgan fingerprint density at radius 2 is 1.57 bits per heavy atom. The number of nitro groups is 1. The number of alkyl halides is 2. The van der Waals surface area contributed by atoms with Crippen LogP contribution in [0, 0.1) is 33.7 Å². The molecule has 2 heterocycles. The van der Waals surface area contributed by atoms with E-state index in [0.29, 0.717) is 16.3 Å². The van der Waals surface area contributed by atoms with Crippen LogP contribution >= 0.6 is 23.2 Å². The molecule has 3 fully saturated rings. The van der Waals surface area contributed by atoms with Gasteiger partial charge in [0.2, 0.25) is 11.8 Å². The van der Waals surface area contributed by atoms with Gasteiger partial charge >= 0.3 is 0 Å². The number of fused-ring (bicyclic) bond motifs is 5. The van der Waals surface area contributed by atoms with E-state index in [9.17, 15) is 38.8 Å². The van der Waals surface area contributed by atoms with Crippen LogP contribution in [0.1, 0.15) is 24.3 Å². The van der Waals surface area contributed by atoms with E-state index in [2.05, 4.69) is 0 Å². The Balaban J connectivity index is 1.31. The molecule has 10 nitrogen and oxygen atoms in total.